The lowest BCUT2D eigenvalue weighted by Crippen LogP contribution is -2.39. The van der Waals surface area contributed by atoms with Crippen LogP contribution in [-0.4, -0.2) is 32.5 Å². The van der Waals surface area contributed by atoms with E-state index in [1.165, 1.54) is 12.3 Å². The number of rotatable bonds is 5. The third-order valence-electron chi connectivity index (χ3n) is 4.36. The number of hydrogen-bond acceptors (Lipinski definition) is 3. The molecule has 1 fully saturated rings. The van der Waals surface area contributed by atoms with Gasteiger partial charge in [0, 0.05) is 12.3 Å². The first-order valence-corrected chi connectivity index (χ1v) is 9.49. The molecule has 118 valence electrons. The molecule has 0 saturated heterocycles. The quantitative estimate of drug-likeness (QED) is 0.909. The first-order chi connectivity index (χ1) is 9.86. The molecule has 5 heteroatoms. The Kier molecular flexibility index (Phi) is 5.38. The van der Waals surface area contributed by atoms with Gasteiger partial charge in [0.05, 0.1) is 5.25 Å². The molecule has 1 saturated carbocycles. The standard InChI is InChI=1S/C16H24FNO2S/c1-12-10-14(17)7-6-13(12)8-9-18-15-4-3-5-16(11-15)21(2,19)20/h6-7,10,15-16,18H,3-5,8-9,11H2,1-2H3. The Balaban J connectivity index is 1.83. The van der Waals surface area contributed by atoms with Crippen LogP contribution >= 0.6 is 0 Å². The van der Waals surface area contributed by atoms with Crippen molar-refractivity contribution in [3.8, 4) is 0 Å². The van der Waals surface area contributed by atoms with E-state index in [4.69, 9.17) is 0 Å². The zero-order valence-electron chi connectivity index (χ0n) is 12.7. The molecule has 3 nitrogen and oxygen atoms in total. The Morgan fingerprint density at radius 3 is 2.76 bits per heavy atom. The first kappa shape index (κ1) is 16.4. The van der Waals surface area contributed by atoms with Crippen LogP contribution in [0.25, 0.3) is 0 Å². The van der Waals surface area contributed by atoms with Crippen molar-refractivity contribution in [2.24, 2.45) is 0 Å². The maximum atomic E-state index is 13.0. The summed E-state index contributed by atoms with van der Waals surface area (Å²) in [5.74, 6) is -0.201. The van der Waals surface area contributed by atoms with E-state index in [1.807, 2.05) is 13.0 Å². The molecule has 0 bridgehead atoms. The number of hydrogen-bond donors (Lipinski definition) is 1. The molecule has 1 aromatic rings. The second-order valence-corrected chi connectivity index (χ2v) is 8.42. The van der Waals surface area contributed by atoms with Gasteiger partial charge < -0.3 is 5.32 Å². The maximum absolute atomic E-state index is 13.0. The van der Waals surface area contributed by atoms with Crippen molar-refractivity contribution in [2.75, 3.05) is 12.8 Å². The summed E-state index contributed by atoms with van der Waals surface area (Å²) in [6.07, 6.45) is 5.67. The number of benzene rings is 1. The van der Waals surface area contributed by atoms with Crippen LogP contribution in [-0.2, 0) is 16.3 Å². The van der Waals surface area contributed by atoms with Crippen LogP contribution in [0.1, 0.15) is 36.8 Å². The maximum Gasteiger partial charge on any atom is 0.150 e. The van der Waals surface area contributed by atoms with Crippen LogP contribution in [0.3, 0.4) is 0 Å². The van der Waals surface area contributed by atoms with E-state index in [-0.39, 0.29) is 17.1 Å². The summed E-state index contributed by atoms with van der Waals surface area (Å²) in [5.41, 5.74) is 2.11. The van der Waals surface area contributed by atoms with Crippen LogP contribution in [0.5, 0.6) is 0 Å². The fourth-order valence-corrected chi connectivity index (χ4v) is 4.25. The van der Waals surface area contributed by atoms with Crippen LogP contribution in [0.2, 0.25) is 0 Å². The van der Waals surface area contributed by atoms with E-state index >= 15 is 0 Å². The highest BCUT2D eigenvalue weighted by Gasteiger charge is 2.28. The van der Waals surface area contributed by atoms with Gasteiger partial charge in [-0.2, -0.15) is 0 Å². The molecular formula is C16H24FNO2S. The Labute approximate surface area is 126 Å². The average Bonchev–Trinajstić information content (AvgIpc) is 2.41. The predicted molar refractivity (Wildman–Crippen MR) is 83.7 cm³/mol. The van der Waals surface area contributed by atoms with Crippen molar-refractivity contribution in [1.29, 1.82) is 0 Å². The molecule has 21 heavy (non-hydrogen) atoms. The fraction of sp³-hybridized carbons (Fsp3) is 0.625. The van der Waals surface area contributed by atoms with Gasteiger partial charge in [-0.05, 0) is 62.4 Å². The second-order valence-electron chi connectivity index (χ2n) is 6.09. The summed E-state index contributed by atoms with van der Waals surface area (Å²) in [7, 11) is -2.93. The number of sulfone groups is 1. The number of aryl methyl sites for hydroxylation is 1. The first-order valence-electron chi connectivity index (χ1n) is 7.53. The predicted octanol–water partition coefficient (Wildman–Crippen LogP) is 2.62. The van der Waals surface area contributed by atoms with Crippen molar-refractivity contribution >= 4 is 9.84 Å². The lowest BCUT2D eigenvalue weighted by molar-refractivity contribution is 0.374. The zero-order valence-corrected chi connectivity index (χ0v) is 13.5. The molecule has 0 heterocycles. The van der Waals surface area contributed by atoms with Gasteiger partial charge in [0.25, 0.3) is 0 Å². The molecule has 0 aromatic heterocycles. The van der Waals surface area contributed by atoms with Gasteiger partial charge in [0.2, 0.25) is 0 Å². The molecule has 1 aromatic carbocycles. The SMILES string of the molecule is Cc1cc(F)ccc1CCNC1CCCC(S(C)(=O)=O)C1. The molecule has 0 radical (unpaired) electrons. The van der Waals surface area contributed by atoms with Gasteiger partial charge in [-0.25, -0.2) is 12.8 Å². The average molecular weight is 313 g/mol. The fourth-order valence-electron chi connectivity index (χ4n) is 3.07. The van der Waals surface area contributed by atoms with Gasteiger partial charge in [0.1, 0.15) is 15.7 Å². The van der Waals surface area contributed by atoms with E-state index in [9.17, 15) is 12.8 Å². The molecule has 1 N–H and O–H groups in total. The molecule has 1 aliphatic rings. The third-order valence-corrected chi connectivity index (χ3v) is 6.00. The Morgan fingerprint density at radius 2 is 2.10 bits per heavy atom. The summed E-state index contributed by atoms with van der Waals surface area (Å²) in [6, 6.07) is 5.14. The van der Waals surface area contributed by atoms with E-state index in [1.54, 1.807) is 6.07 Å². The molecule has 2 atom stereocenters. The minimum absolute atomic E-state index is 0.198. The molecule has 0 spiro atoms. The van der Waals surface area contributed by atoms with E-state index in [0.29, 0.717) is 6.42 Å². The molecular weight excluding hydrogens is 289 g/mol. The highest BCUT2D eigenvalue weighted by Crippen LogP contribution is 2.23. The largest absolute Gasteiger partial charge is 0.314 e. The number of nitrogens with one attached hydrogen (secondary N) is 1. The normalized spacial score (nSPS) is 23.2. The second kappa shape index (κ2) is 6.88. The Morgan fingerprint density at radius 1 is 1.33 bits per heavy atom. The van der Waals surface area contributed by atoms with Crippen LogP contribution < -0.4 is 5.32 Å². The van der Waals surface area contributed by atoms with Crippen molar-refractivity contribution in [1.82, 2.24) is 5.32 Å². The topological polar surface area (TPSA) is 46.2 Å². The molecule has 1 aliphatic carbocycles. The lowest BCUT2D eigenvalue weighted by Gasteiger charge is -2.28. The Hall–Kier alpha value is -0.940. The van der Waals surface area contributed by atoms with E-state index in [2.05, 4.69) is 5.32 Å². The lowest BCUT2D eigenvalue weighted by atomic mass is 9.94. The molecule has 2 unspecified atom stereocenters. The molecule has 0 amide bonds. The van der Waals surface area contributed by atoms with Crippen molar-refractivity contribution in [3.63, 3.8) is 0 Å². The van der Waals surface area contributed by atoms with Crippen molar-refractivity contribution < 1.29 is 12.8 Å². The van der Waals surface area contributed by atoms with Crippen LogP contribution in [0.15, 0.2) is 18.2 Å². The summed E-state index contributed by atoms with van der Waals surface area (Å²) >= 11 is 0. The van der Waals surface area contributed by atoms with Gasteiger partial charge in [0.15, 0.2) is 0 Å². The van der Waals surface area contributed by atoms with Crippen molar-refractivity contribution in [2.45, 2.75) is 50.3 Å². The van der Waals surface area contributed by atoms with Gasteiger partial charge in [-0.3, -0.25) is 0 Å². The van der Waals surface area contributed by atoms with E-state index in [0.717, 1.165) is 43.4 Å². The summed E-state index contributed by atoms with van der Waals surface area (Å²) in [4.78, 5) is 0. The number of halogens is 1. The van der Waals surface area contributed by atoms with E-state index < -0.39 is 9.84 Å². The summed E-state index contributed by atoms with van der Waals surface area (Å²) < 4.78 is 36.3. The highest BCUT2D eigenvalue weighted by atomic mass is 32.2. The molecule has 0 aliphatic heterocycles. The highest BCUT2D eigenvalue weighted by molar-refractivity contribution is 7.91. The summed E-state index contributed by atoms with van der Waals surface area (Å²) in [6.45, 7) is 2.71. The Bertz CT molecular complexity index is 586. The molecule has 2 rings (SSSR count). The monoisotopic (exact) mass is 313 g/mol. The van der Waals surface area contributed by atoms with Gasteiger partial charge in [-0.1, -0.05) is 12.5 Å². The smallest absolute Gasteiger partial charge is 0.150 e. The van der Waals surface area contributed by atoms with Crippen LogP contribution in [0, 0.1) is 12.7 Å². The van der Waals surface area contributed by atoms with Gasteiger partial charge >= 0.3 is 0 Å². The summed E-state index contributed by atoms with van der Waals surface area (Å²) in [5, 5.41) is 3.26. The minimum Gasteiger partial charge on any atom is -0.314 e. The van der Waals surface area contributed by atoms with Crippen molar-refractivity contribution in [3.05, 3.63) is 35.1 Å². The minimum atomic E-state index is -2.93. The van der Waals surface area contributed by atoms with Crippen LogP contribution in [0.4, 0.5) is 4.39 Å². The third kappa shape index (κ3) is 4.78. The van der Waals surface area contributed by atoms with Gasteiger partial charge in [-0.15, -0.1) is 0 Å². The zero-order chi connectivity index (χ0) is 15.5.